The molecule has 2 aliphatic heterocycles. The fourth-order valence-electron chi connectivity index (χ4n) is 4.32. The predicted molar refractivity (Wildman–Crippen MR) is 127 cm³/mol. The molecule has 0 amide bonds. The largest absolute Gasteiger partial charge is 0.490 e. The summed E-state index contributed by atoms with van der Waals surface area (Å²) in [7, 11) is -3.16. The number of sulfonamides is 1. The van der Waals surface area contributed by atoms with Gasteiger partial charge in [-0.05, 0) is 44.2 Å². The Kier molecular flexibility index (Phi) is 7.44. The molecule has 0 aliphatic carbocycles. The number of nitrogens with zero attached hydrogens (tertiary/aromatic N) is 2. The molecular formula is C24H31FN2O3S2. The monoisotopic (exact) mass is 478 g/mol. The average molecular weight is 479 g/mol. The Hall–Kier alpha value is -1.61. The Morgan fingerprint density at radius 1 is 1.06 bits per heavy atom. The first-order valence-electron chi connectivity index (χ1n) is 11.2. The zero-order valence-corrected chi connectivity index (χ0v) is 20.2. The van der Waals surface area contributed by atoms with E-state index in [2.05, 4.69) is 35.5 Å². The first-order chi connectivity index (χ1) is 15.3. The molecule has 0 radical (unpaired) electrons. The Labute approximate surface area is 195 Å². The van der Waals surface area contributed by atoms with E-state index in [4.69, 9.17) is 4.74 Å². The van der Waals surface area contributed by atoms with Gasteiger partial charge < -0.3 is 4.74 Å². The van der Waals surface area contributed by atoms with Crippen molar-refractivity contribution in [1.29, 1.82) is 0 Å². The highest BCUT2D eigenvalue weighted by molar-refractivity contribution is 7.97. The molecule has 2 heterocycles. The van der Waals surface area contributed by atoms with Gasteiger partial charge >= 0.3 is 0 Å². The Balaban J connectivity index is 1.36. The number of hydrogen-bond donors (Lipinski definition) is 0. The molecule has 0 saturated carbocycles. The van der Waals surface area contributed by atoms with Crippen molar-refractivity contribution in [1.82, 2.24) is 8.61 Å². The van der Waals surface area contributed by atoms with Crippen LogP contribution < -0.4 is 4.74 Å². The first kappa shape index (κ1) is 23.5. The maximum Gasteiger partial charge on any atom is 0.211 e. The maximum atomic E-state index is 14.9. The van der Waals surface area contributed by atoms with Crippen LogP contribution in [0.15, 0.2) is 48.5 Å². The molecular weight excluding hydrogens is 447 g/mol. The van der Waals surface area contributed by atoms with Gasteiger partial charge in [0.25, 0.3) is 0 Å². The average Bonchev–Trinajstić information content (AvgIpc) is 2.77. The SMILES string of the molecule is C[C@@H]1CCC(c2ccccc2)SN1Cc1ccc(OC2CCN(S(C)(=O)=O)CC2)cc1F. The lowest BCUT2D eigenvalue weighted by atomic mass is 10.0. The van der Waals surface area contributed by atoms with Crippen molar-refractivity contribution in [2.24, 2.45) is 0 Å². The zero-order chi connectivity index (χ0) is 22.7. The molecule has 1 unspecified atom stereocenters. The molecule has 2 aromatic carbocycles. The number of halogens is 1. The minimum absolute atomic E-state index is 0.0949. The van der Waals surface area contributed by atoms with Gasteiger partial charge in [0.2, 0.25) is 10.0 Å². The highest BCUT2D eigenvalue weighted by Crippen LogP contribution is 2.43. The second kappa shape index (κ2) is 10.1. The number of hydrogen-bond acceptors (Lipinski definition) is 5. The molecule has 0 aromatic heterocycles. The van der Waals surface area contributed by atoms with Crippen LogP contribution in [0.3, 0.4) is 0 Å². The topological polar surface area (TPSA) is 49.9 Å². The minimum atomic E-state index is -3.16. The van der Waals surface area contributed by atoms with Crippen LogP contribution in [0.1, 0.15) is 49.0 Å². The van der Waals surface area contributed by atoms with Crippen molar-refractivity contribution < 1.29 is 17.5 Å². The molecule has 32 heavy (non-hydrogen) atoms. The molecule has 0 N–H and O–H groups in total. The van der Waals surface area contributed by atoms with Crippen LogP contribution in [0.5, 0.6) is 5.75 Å². The molecule has 8 heteroatoms. The third-order valence-corrected chi connectivity index (χ3v) is 9.12. The number of benzene rings is 2. The highest BCUT2D eigenvalue weighted by atomic mass is 32.2. The third kappa shape index (κ3) is 5.84. The van der Waals surface area contributed by atoms with Gasteiger partial charge in [0.15, 0.2) is 0 Å². The minimum Gasteiger partial charge on any atom is -0.490 e. The van der Waals surface area contributed by atoms with Crippen LogP contribution in [-0.2, 0) is 16.6 Å². The summed E-state index contributed by atoms with van der Waals surface area (Å²) in [5.74, 6) is 0.247. The summed E-state index contributed by atoms with van der Waals surface area (Å²) in [6.07, 6.45) is 4.56. The van der Waals surface area contributed by atoms with Gasteiger partial charge in [-0.2, -0.15) is 0 Å². The smallest absolute Gasteiger partial charge is 0.211 e. The van der Waals surface area contributed by atoms with E-state index in [1.807, 2.05) is 30.1 Å². The molecule has 5 nitrogen and oxygen atoms in total. The van der Waals surface area contributed by atoms with Gasteiger partial charge in [-0.3, -0.25) is 0 Å². The summed E-state index contributed by atoms with van der Waals surface area (Å²) < 4.78 is 47.9. The Bertz CT molecular complexity index is 1010. The van der Waals surface area contributed by atoms with Crippen LogP contribution in [0.25, 0.3) is 0 Å². The second-order valence-electron chi connectivity index (χ2n) is 8.74. The summed E-state index contributed by atoms with van der Waals surface area (Å²) in [5.41, 5.74) is 1.98. The van der Waals surface area contributed by atoms with E-state index in [-0.39, 0.29) is 11.9 Å². The Morgan fingerprint density at radius 2 is 1.78 bits per heavy atom. The van der Waals surface area contributed by atoms with Crippen LogP contribution in [-0.4, -0.2) is 48.5 Å². The van der Waals surface area contributed by atoms with Crippen molar-refractivity contribution in [3.8, 4) is 5.75 Å². The molecule has 2 aliphatic rings. The molecule has 0 spiro atoms. The van der Waals surface area contributed by atoms with Crippen molar-refractivity contribution in [2.75, 3.05) is 19.3 Å². The molecule has 0 bridgehead atoms. The summed E-state index contributed by atoms with van der Waals surface area (Å²) in [6.45, 7) is 3.63. The molecule has 4 rings (SSSR count). The van der Waals surface area contributed by atoms with Crippen molar-refractivity contribution in [3.05, 3.63) is 65.5 Å². The summed E-state index contributed by atoms with van der Waals surface area (Å²) in [6, 6.07) is 16.0. The van der Waals surface area contributed by atoms with Crippen molar-refractivity contribution >= 4 is 22.0 Å². The van der Waals surface area contributed by atoms with E-state index in [0.29, 0.717) is 55.1 Å². The highest BCUT2D eigenvalue weighted by Gasteiger charge is 2.29. The number of rotatable bonds is 6. The van der Waals surface area contributed by atoms with E-state index in [1.165, 1.54) is 22.2 Å². The summed E-state index contributed by atoms with van der Waals surface area (Å²) >= 11 is 1.81. The van der Waals surface area contributed by atoms with Gasteiger partial charge in [-0.25, -0.2) is 21.4 Å². The third-order valence-electron chi connectivity index (χ3n) is 6.30. The number of ether oxygens (including phenoxy) is 1. The standard InChI is InChI=1S/C24H31FN2O3S2/c1-18-8-11-24(19-6-4-3-5-7-19)31-27(18)17-20-9-10-22(16-23(20)25)30-21-12-14-26(15-13-21)32(2,28)29/h3-7,9-10,16,18,21,24H,8,11-15,17H2,1-2H3/t18-,24?/m1/s1. The fourth-order valence-corrected chi connectivity index (χ4v) is 6.56. The van der Waals surface area contributed by atoms with Gasteiger partial charge in [0, 0.05) is 42.6 Å². The normalized spacial score (nSPS) is 23.8. The van der Waals surface area contributed by atoms with E-state index in [1.54, 1.807) is 0 Å². The van der Waals surface area contributed by atoms with Gasteiger partial charge in [0.1, 0.15) is 17.7 Å². The zero-order valence-electron chi connectivity index (χ0n) is 18.6. The molecule has 2 aromatic rings. The van der Waals surface area contributed by atoms with E-state index < -0.39 is 10.0 Å². The van der Waals surface area contributed by atoms with Crippen molar-refractivity contribution in [2.45, 2.75) is 56.5 Å². The summed E-state index contributed by atoms with van der Waals surface area (Å²) in [5, 5.41) is 0.399. The summed E-state index contributed by atoms with van der Waals surface area (Å²) in [4.78, 5) is 0. The van der Waals surface area contributed by atoms with Crippen LogP contribution in [0, 0.1) is 5.82 Å². The van der Waals surface area contributed by atoms with Crippen molar-refractivity contribution in [3.63, 3.8) is 0 Å². The molecule has 2 fully saturated rings. The van der Waals surface area contributed by atoms with E-state index in [0.717, 1.165) is 12.8 Å². The lowest BCUT2D eigenvalue weighted by Gasteiger charge is -2.37. The van der Waals surface area contributed by atoms with Crippen LogP contribution in [0.2, 0.25) is 0 Å². The van der Waals surface area contributed by atoms with Crippen LogP contribution >= 0.6 is 11.9 Å². The van der Waals surface area contributed by atoms with E-state index in [9.17, 15) is 12.8 Å². The second-order valence-corrected chi connectivity index (χ2v) is 12.0. The Morgan fingerprint density at radius 3 is 2.44 bits per heavy atom. The number of piperidine rings is 1. The maximum absolute atomic E-state index is 14.9. The first-order valence-corrected chi connectivity index (χ1v) is 13.9. The van der Waals surface area contributed by atoms with Gasteiger partial charge in [0.05, 0.1) is 6.26 Å². The quantitative estimate of drug-likeness (QED) is 0.547. The van der Waals surface area contributed by atoms with Gasteiger partial charge in [-0.1, -0.05) is 48.3 Å². The van der Waals surface area contributed by atoms with Crippen LogP contribution in [0.4, 0.5) is 4.39 Å². The molecule has 2 atom stereocenters. The molecule has 2 saturated heterocycles. The lowest BCUT2D eigenvalue weighted by molar-refractivity contribution is 0.135. The molecule has 174 valence electrons. The fraction of sp³-hybridized carbons (Fsp3) is 0.500. The predicted octanol–water partition coefficient (Wildman–Crippen LogP) is 5.00. The lowest BCUT2D eigenvalue weighted by Crippen LogP contribution is -2.41. The van der Waals surface area contributed by atoms with Gasteiger partial charge in [-0.15, -0.1) is 0 Å². The van der Waals surface area contributed by atoms with E-state index >= 15 is 0 Å².